The van der Waals surface area contributed by atoms with Crippen LogP contribution in [0.25, 0.3) is 10.9 Å². The number of amides is 1. The Hall–Kier alpha value is -2.88. The molecule has 0 aliphatic rings. The number of ether oxygens (including phenoxy) is 1. The predicted molar refractivity (Wildman–Crippen MR) is 95.4 cm³/mol. The van der Waals surface area contributed by atoms with Gasteiger partial charge in [-0.25, -0.2) is 0 Å². The highest BCUT2D eigenvalue weighted by Crippen LogP contribution is 2.16. The number of aromatic nitrogens is 1. The third kappa shape index (κ3) is 3.71. The first-order valence-electron chi connectivity index (χ1n) is 8.03. The fourth-order valence-electron chi connectivity index (χ4n) is 2.67. The minimum atomic E-state index is -0.0750. The summed E-state index contributed by atoms with van der Waals surface area (Å²) in [4.78, 5) is 16.7. The maximum atomic E-state index is 12.4. The summed E-state index contributed by atoms with van der Waals surface area (Å²) in [6.45, 7) is 0.633. The van der Waals surface area contributed by atoms with Crippen LogP contribution in [0, 0.1) is 0 Å². The van der Waals surface area contributed by atoms with Gasteiger partial charge < -0.3 is 10.1 Å². The van der Waals surface area contributed by atoms with E-state index in [1.807, 2.05) is 42.5 Å². The number of fused-ring (bicyclic) bond motifs is 1. The van der Waals surface area contributed by atoms with E-state index in [0.29, 0.717) is 12.1 Å². The van der Waals surface area contributed by atoms with Crippen LogP contribution in [0.4, 0.5) is 0 Å². The quantitative estimate of drug-likeness (QED) is 0.706. The number of benzene rings is 2. The number of hydrogen-bond donors (Lipinski definition) is 1. The summed E-state index contributed by atoms with van der Waals surface area (Å²) in [5, 5.41) is 3.96. The molecule has 0 spiro atoms. The molecule has 1 aromatic heterocycles. The number of aryl methyl sites for hydroxylation is 1. The van der Waals surface area contributed by atoms with Crippen LogP contribution in [0.2, 0.25) is 0 Å². The van der Waals surface area contributed by atoms with Crippen LogP contribution in [0.3, 0.4) is 0 Å². The molecule has 24 heavy (non-hydrogen) atoms. The molecule has 1 amide bonds. The van der Waals surface area contributed by atoms with Crippen molar-refractivity contribution >= 4 is 16.8 Å². The monoisotopic (exact) mass is 320 g/mol. The van der Waals surface area contributed by atoms with Crippen molar-refractivity contribution in [2.24, 2.45) is 0 Å². The molecule has 4 nitrogen and oxygen atoms in total. The van der Waals surface area contributed by atoms with Gasteiger partial charge in [-0.2, -0.15) is 0 Å². The summed E-state index contributed by atoms with van der Waals surface area (Å²) < 4.78 is 5.15. The molecular formula is C20H20N2O2. The van der Waals surface area contributed by atoms with Gasteiger partial charge in [0.1, 0.15) is 5.75 Å². The standard InChI is InChI=1S/C20H20N2O2/c1-24-17-11-9-15(10-12-17)5-3-14-22-20(23)18-8-2-6-16-7-4-13-21-19(16)18/h2,4,6-13H,3,5,14H2,1H3,(H,22,23). The average molecular weight is 320 g/mol. The highest BCUT2D eigenvalue weighted by Gasteiger charge is 2.09. The van der Waals surface area contributed by atoms with E-state index in [0.717, 1.165) is 29.5 Å². The Morgan fingerprint density at radius 1 is 1.08 bits per heavy atom. The third-order valence-electron chi connectivity index (χ3n) is 3.96. The average Bonchev–Trinajstić information content (AvgIpc) is 2.65. The van der Waals surface area contributed by atoms with Gasteiger partial charge >= 0.3 is 0 Å². The van der Waals surface area contributed by atoms with E-state index >= 15 is 0 Å². The maximum Gasteiger partial charge on any atom is 0.253 e. The summed E-state index contributed by atoms with van der Waals surface area (Å²) in [5.41, 5.74) is 2.60. The lowest BCUT2D eigenvalue weighted by Gasteiger charge is -2.08. The number of methoxy groups -OCH3 is 1. The van der Waals surface area contributed by atoms with Gasteiger partial charge in [0, 0.05) is 18.1 Å². The molecular weight excluding hydrogens is 300 g/mol. The highest BCUT2D eigenvalue weighted by molar-refractivity contribution is 6.05. The number of carbonyl (C=O) groups excluding carboxylic acids is 1. The van der Waals surface area contributed by atoms with Crippen molar-refractivity contribution in [1.29, 1.82) is 0 Å². The lowest BCUT2D eigenvalue weighted by atomic mass is 10.1. The first-order chi connectivity index (χ1) is 11.8. The molecule has 0 atom stereocenters. The van der Waals surface area contributed by atoms with Gasteiger partial charge in [0.05, 0.1) is 18.2 Å². The molecule has 1 heterocycles. The second-order valence-corrected chi connectivity index (χ2v) is 5.59. The van der Waals surface area contributed by atoms with E-state index in [9.17, 15) is 4.79 Å². The summed E-state index contributed by atoms with van der Waals surface area (Å²) in [6, 6.07) is 17.5. The number of hydrogen-bond acceptors (Lipinski definition) is 3. The Morgan fingerprint density at radius 2 is 1.88 bits per heavy atom. The van der Waals surface area contributed by atoms with Crippen LogP contribution >= 0.6 is 0 Å². The van der Waals surface area contributed by atoms with E-state index in [2.05, 4.69) is 22.4 Å². The second kappa shape index (κ2) is 7.59. The van der Waals surface area contributed by atoms with E-state index in [4.69, 9.17) is 4.74 Å². The Balaban J connectivity index is 1.55. The first-order valence-corrected chi connectivity index (χ1v) is 8.03. The molecule has 4 heteroatoms. The Morgan fingerprint density at radius 3 is 2.67 bits per heavy atom. The molecule has 0 bridgehead atoms. The largest absolute Gasteiger partial charge is 0.497 e. The van der Waals surface area contributed by atoms with Crippen molar-refractivity contribution in [3.8, 4) is 5.75 Å². The van der Waals surface area contributed by atoms with Gasteiger partial charge in [0.2, 0.25) is 0 Å². The number of nitrogens with one attached hydrogen (secondary N) is 1. The van der Waals surface area contributed by atoms with Gasteiger partial charge in [0.15, 0.2) is 0 Å². The fourth-order valence-corrected chi connectivity index (χ4v) is 2.67. The predicted octanol–water partition coefficient (Wildman–Crippen LogP) is 3.61. The number of para-hydroxylation sites is 1. The number of pyridine rings is 1. The molecule has 0 radical (unpaired) electrons. The van der Waals surface area contributed by atoms with Crippen molar-refractivity contribution in [2.45, 2.75) is 12.8 Å². The SMILES string of the molecule is COc1ccc(CCCNC(=O)c2cccc3cccnc23)cc1. The zero-order valence-corrected chi connectivity index (χ0v) is 13.7. The van der Waals surface area contributed by atoms with Crippen LogP contribution in [-0.2, 0) is 6.42 Å². The number of rotatable bonds is 6. The van der Waals surface area contributed by atoms with Gasteiger partial charge in [0.25, 0.3) is 5.91 Å². The van der Waals surface area contributed by atoms with Crippen molar-refractivity contribution < 1.29 is 9.53 Å². The summed E-state index contributed by atoms with van der Waals surface area (Å²) >= 11 is 0. The normalized spacial score (nSPS) is 10.5. The molecule has 0 saturated carbocycles. The lowest BCUT2D eigenvalue weighted by Crippen LogP contribution is -2.25. The zero-order chi connectivity index (χ0) is 16.8. The number of carbonyl (C=O) groups is 1. The van der Waals surface area contributed by atoms with Gasteiger partial charge in [-0.3, -0.25) is 9.78 Å². The van der Waals surface area contributed by atoms with E-state index in [1.165, 1.54) is 5.56 Å². The topological polar surface area (TPSA) is 51.2 Å². The molecule has 1 N–H and O–H groups in total. The van der Waals surface area contributed by atoms with Crippen molar-refractivity contribution in [1.82, 2.24) is 10.3 Å². The third-order valence-corrected chi connectivity index (χ3v) is 3.96. The smallest absolute Gasteiger partial charge is 0.253 e. The van der Waals surface area contributed by atoms with E-state index in [1.54, 1.807) is 13.3 Å². The van der Waals surface area contributed by atoms with Crippen LogP contribution in [0.15, 0.2) is 60.8 Å². The van der Waals surface area contributed by atoms with Crippen LogP contribution in [0.1, 0.15) is 22.3 Å². The molecule has 122 valence electrons. The Kier molecular flexibility index (Phi) is 5.06. The molecule has 0 unspecified atom stereocenters. The van der Waals surface area contributed by atoms with E-state index < -0.39 is 0 Å². The minimum Gasteiger partial charge on any atom is -0.497 e. The molecule has 3 rings (SSSR count). The van der Waals surface area contributed by atoms with Gasteiger partial charge in [-0.15, -0.1) is 0 Å². The van der Waals surface area contributed by atoms with Crippen molar-refractivity contribution in [3.05, 3.63) is 71.9 Å². The van der Waals surface area contributed by atoms with Gasteiger partial charge in [-0.05, 0) is 42.7 Å². The zero-order valence-electron chi connectivity index (χ0n) is 13.7. The van der Waals surface area contributed by atoms with Crippen molar-refractivity contribution in [2.75, 3.05) is 13.7 Å². The van der Waals surface area contributed by atoms with Crippen LogP contribution in [-0.4, -0.2) is 24.5 Å². The lowest BCUT2D eigenvalue weighted by molar-refractivity contribution is 0.0954. The van der Waals surface area contributed by atoms with Crippen LogP contribution < -0.4 is 10.1 Å². The molecule has 0 fully saturated rings. The molecule has 3 aromatic rings. The minimum absolute atomic E-state index is 0.0750. The second-order valence-electron chi connectivity index (χ2n) is 5.59. The number of nitrogens with zero attached hydrogens (tertiary/aromatic N) is 1. The van der Waals surface area contributed by atoms with Crippen molar-refractivity contribution in [3.63, 3.8) is 0 Å². The Bertz CT molecular complexity index is 823. The fraction of sp³-hybridized carbons (Fsp3) is 0.200. The maximum absolute atomic E-state index is 12.4. The Labute approximate surface area is 141 Å². The van der Waals surface area contributed by atoms with Gasteiger partial charge in [-0.1, -0.05) is 30.3 Å². The first kappa shape index (κ1) is 16.0. The van der Waals surface area contributed by atoms with Crippen LogP contribution in [0.5, 0.6) is 5.75 Å². The summed E-state index contributed by atoms with van der Waals surface area (Å²) in [7, 11) is 1.66. The highest BCUT2D eigenvalue weighted by atomic mass is 16.5. The summed E-state index contributed by atoms with van der Waals surface area (Å²) in [5.74, 6) is 0.782. The molecule has 2 aromatic carbocycles. The van der Waals surface area contributed by atoms with E-state index in [-0.39, 0.29) is 5.91 Å². The molecule has 0 aliphatic carbocycles. The summed E-state index contributed by atoms with van der Waals surface area (Å²) in [6.07, 6.45) is 3.51. The molecule has 0 saturated heterocycles. The molecule has 0 aliphatic heterocycles.